The summed E-state index contributed by atoms with van der Waals surface area (Å²) in [7, 11) is 2.91. The monoisotopic (exact) mass is 471 g/mol. The molecule has 3 aromatic carbocycles. The summed E-state index contributed by atoms with van der Waals surface area (Å²) < 4.78 is 37.9. The molecule has 3 rings (SSSR count). The number of methoxy groups -OCH3 is 2. The normalized spacial score (nSPS) is 11.3. The van der Waals surface area contributed by atoms with Crippen LogP contribution in [-0.4, -0.2) is 25.2 Å². The maximum atomic E-state index is 14.0. The molecule has 1 amide bonds. The minimum atomic E-state index is -0.633. The van der Waals surface area contributed by atoms with Crippen molar-refractivity contribution in [1.82, 2.24) is 5.32 Å². The molecule has 0 radical (unpaired) electrons. The summed E-state index contributed by atoms with van der Waals surface area (Å²) in [5.41, 5.74) is 1.55. The van der Waals surface area contributed by atoms with E-state index < -0.39 is 11.7 Å². The highest BCUT2D eigenvalue weighted by Gasteiger charge is 2.17. The Morgan fingerprint density at radius 3 is 2.06 bits per heavy atom. The van der Waals surface area contributed by atoms with Crippen LogP contribution in [0, 0.1) is 11.6 Å². The number of nitrogens with one attached hydrogen (secondary N) is 3. The van der Waals surface area contributed by atoms with Crippen molar-refractivity contribution in [2.24, 2.45) is 0 Å². The number of hydrogen-bond acceptors (Lipinski definition) is 4. The zero-order valence-electron chi connectivity index (χ0n) is 18.2. The first-order valence-corrected chi connectivity index (χ1v) is 10.4. The topological polar surface area (TPSA) is 71.6 Å². The molecule has 0 aliphatic rings. The number of halogens is 2. The zero-order valence-corrected chi connectivity index (χ0v) is 19.1. The van der Waals surface area contributed by atoms with E-state index >= 15 is 0 Å². The van der Waals surface area contributed by atoms with Crippen molar-refractivity contribution < 1.29 is 23.0 Å². The van der Waals surface area contributed by atoms with Gasteiger partial charge in [-0.05, 0) is 49.0 Å². The van der Waals surface area contributed by atoms with Gasteiger partial charge in [-0.15, -0.1) is 0 Å². The molecule has 0 aliphatic carbocycles. The maximum absolute atomic E-state index is 14.0. The lowest BCUT2D eigenvalue weighted by Crippen LogP contribution is -2.31. The molecular weight excluding hydrogens is 448 g/mol. The first-order valence-electron chi connectivity index (χ1n) is 9.97. The second-order valence-electron chi connectivity index (χ2n) is 7.06. The fourth-order valence-corrected chi connectivity index (χ4v) is 3.40. The Bertz CT molecular complexity index is 1160. The lowest BCUT2D eigenvalue weighted by atomic mass is 10.1. The molecule has 0 aromatic heterocycles. The summed E-state index contributed by atoms with van der Waals surface area (Å²) in [5.74, 6) is -0.883. The van der Waals surface area contributed by atoms with E-state index in [1.54, 1.807) is 30.3 Å². The summed E-state index contributed by atoms with van der Waals surface area (Å²) in [6.45, 7) is 1.89. The van der Waals surface area contributed by atoms with Crippen molar-refractivity contribution in [1.29, 1.82) is 0 Å². The van der Waals surface area contributed by atoms with E-state index in [4.69, 9.17) is 21.7 Å². The van der Waals surface area contributed by atoms with E-state index in [2.05, 4.69) is 16.0 Å². The quantitative estimate of drug-likeness (QED) is 0.407. The van der Waals surface area contributed by atoms with Gasteiger partial charge in [-0.25, -0.2) is 8.78 Å². The van der Waals surface area contributed by atoms with E-state index in [1.165, 1.54) is 44.6 Å². The minimum Gasteiger partial charge on any atom is -0.494 e. The van der Waals surface area contributed by atoms with Gasteiger partial charge in [-0.2, -0.15) is 0 Å². The number of carbonyl (C=O) groups excluding carboxylic acids is 1. The third-order valence-corrected chi connectivity index (χ3v) is 5.07. The lowest BCUT2D eigenvalue weighted by molar-refractivity contribution is 0.102. The van der Waals surface area contributed by atoms with Crippen molar-refractivity contribution >= 4 is 34.6 Å². The van der Waals surface area contributed by atoms with Crippen molar-refractivity contribution in [2.75, 3.05) is 24.9 Å². The summed E-state index contributed by atoms with van der Waals surface area (Å²) >= 11 is 5.40. The van der Waals surface area contributed by atoms with E-state index in [9.17, 15) is 13.6 Å². The maximum Gasteiger partial charge on any atom is 0.258 e. The third kappa shape index (κ3) is 5.95. The summed E-state index contributed by atoms with van der Waals surface area (Å²) in [6, 6.07) is 14.7. The molecule has 0 spiro atoms. The molecule has 0 bridgehead atoms. The second-order valence-corrected chi connectivity index (χ2v) is 7.47. The highest BCUT2D eigenvalue weighted by atomic mass is 32.1. The van der Waals surface area contributed by atoms with Gasteiger partial charge in [0, 0.05) is 12.1 Å². The molecule has 3 N–H and O–H groups in total. The molecular formula is C24H23F2N3O3S. The smallest absolute Gasteiger partial charge is 0.258 e. The van der Waals surface area contributed by atoms with Crippen LogP contribution >= 0.6 is 12.2 Å². The molecule has 0 aliphatic heterocycles. The lowest BCUT2D eigenvalue weighted by Gasteiger charge is -2.20. The van der Waals surface area contributed by atoms with Gasteiger partial charge in [0.1, 0.15) is 23.1 Å². The standard InChI is InChI=1S/C24H23F2N3O3S/c1-14(15-8-10-16(25)11-9-15)27-24(33)29-20-13-21(31-2)19(12-22(20)32-3)28-23(30)17-6-4-5-7-18(17)26/h4-14H,1-3H3,(H,28,30)(H2,27,29,33). The van der Waals surface area contributed by atoms with Crippen LogP contribution in [0.1, 0.15) is 28.9 Å². The van der Waals surface area contributed by atoms with Crippen molar-refractivity contribution in [3.63, 3.8) is 0 Å². The Morgan fingerprint density at radius 2 is 1.48 bits per heavy atom. The molecule has 1 unspecified atom stereocenters. The predicted molar refractivity (Wildman–Crippen MR) is 128 cm³/mol. The van der Waals surface area contributed by atoms with E-state index in [0.717, 1.165) is 5.56 Å². The van der Waals surface area contributed by atoms with Crippen LogP contribution in [0.2, 0.25) is 0 Å². The van der Waals surface area contributed by atoms with Gasteiger partial charge in [-0.3, -0.25) is 4.79 Å². The number of thiocarbonyl (C=S) groups is 1. The van der Waals surface area contributed by atoms with Gasteiger partial charge in [0.2, 0.25) is 0 Å². The van der Waals surface area contributed by atoms with Crippen LogP contribution in [0.15, 0.2) is 60.7 Å². The van der Waals surface area contributed by atoms with Crippen LogP contribution < -0.4 is 25.4 Å². The zero-order chi connectivity index (χ0) is 24.0. The first kappa shape index (κ1) is 23.9. The Hall–Kier alpha value is -3.72. The number of amides is 1. The van der Waals surface area contributed by atoms with Crippen LogP contribution in [-0.2, 0) is 0 Å². The molecule has 6 nitrogen and oxygen atoms in total. The number of ether oxygens (including phenoxy) is 2. The SMILES string of the molecule is COc1cc(NC(=S)NC(C)c2ccc(F)cc2)c(OC)cc1NC(=O)c1ccccc1F. The van der Waals surface area contributed by atoms with Gasteiger partial charge in [0.05, 0.1) is 37.2 Å². The molecule has 0 fully saturated rings. The summed E-state index contributed by atoms with van der Waals surface area (Å²) in [5, 5.41) is 9.10. The number of rotatable bonds is 7. The molecule has 0 saturated heterocycles. The van der Waals surface area contributed by atoms with Crippen LogP contribution in [0.5, 0.6) is 11.5 Å². The van der Waals surface area contributed by atoms with Gasteiger partial charge in [0.25, 0.3) is 5.91 Å². The van der Waals surface area contributed by atoms with Crippen LogP contribution in [0.25, 0.3) is 0 Å². The molecule has 0 heterocycles. The Balaban J connectivity index is 1.77. The van der Waals surface area contributed by atoms with Crippen molar-refractivity contribution in [3.8, 4) is 11.5 Å². The molecule has 0 saturated carbocycles. The number of anilines is 2. The highest BCUT2D eigenvalue weighted by molar-refractivity contribution is 7.80. The van der Waals surface area contributed by atoms with Gasteiger partial charge in [-0.1, -0.05) is 24.3 Å². The molecule has 172 valence electrons. The molecule has 33 heavy (non-hydrogen) atoms. The number of benzene rings is 3. The highest BCUT2D eigenvalue weighted by Crippen LogP contribution is 2.36. The average Bonchev–Trinajstić information content (AvgIpc) is 2.80. The summed E-state index contributed by atoms with van der Waals surface area (Å²) in [6.07, 6.45) is 0. The average molecular weight is 472 g/mol. The van der Waals surface area contributed by atoms with E-state index in [1.807, 2.05) is 6.92 Å². The summed E-state index contributed by atoms with van der Waals surface area (Å²) in [4.78, 5) is 12.5. The number of hydrogen-bond donors (Lipinski definition) is 3. The molecule has 3 aromatic rings. The number of carbonyl (C=O) groups is 1. The first-order chi connectivity index (χ1) is 15.8. The Kier molecular flexibility index (Phi) is 7.78. The Labute approximate surface area is 195 Å². The van der Waals surface area contributed by atoms with Gasteiger partial charge in [0.15, 0.2) is 5.11 Å². The molecule has 1 atom stereocenters. The second kappa shape index (κ2) is 10.7. The van der Waals surface area contributed by atoms with Crippen molar-refractivity contribution in [2.45, 2.75) is 13.0 Å². The van der Waals surface area contributed by atoms with Crippen molar-refractivity contribution in [3.05, 3.63) is 83.4 Å². The predicted octanol–water partition coefficient (Wildman–Crippen LogP) is 5.28. The third-order valence-electron chi connectivity index (χ3n) is 4.85. The fraction of sp³-hybridized carbons (Fsp3) is 0.167. The largest absolute Gasteiger partial charge is 0.494 e. The van der Waals surface area contributed by atoms with Crippen LogP contribution in [0.4, 0.5) is 20.2 Å². The van der Waals surface area contributed by atoms with Crippen LogP contribution in [0.3, 0.4) is 0 Å². The van der Waals surface area contributed by atoms with Gasteiger partial charge < -0.3 is 25.4 Å². The van der Waals surface area contributed by atoms with E-state index in [0.29, 0.717) is 28.0 Å². The molecule has 9 heteroatoms. The van der Waals surface area contributed by atoms with Gasteiger partial charge >= 0.3 is 0 Å². The minimum absolute atomic E-state index is 0.0964. The fourth-order valence-electron chi connectivity index (χ4n) is 3.12. The van der Waals surface area contributed by atoms with E-state index in [-0.39, 0.29) is 17.4 Å². The Morgan fingerprint density at radius 1 is 0.909 bits per heavy atom.